The molecule has 372 valence electrons. The van der Waals surface area contributed by atoms with Crippen LogP contribution in [0.4, 0.5) is 0 Å². The van der Waals surface area contributed by atoms with Crippen molar-refractivity contribution in [2.45, 2.75) is 263 Å². The lowest BCUT2D eigenvalue weighted by Crippen LogP contribution is -2.60. The molecule has 63 heavy (non-hydrogen) atoms. The van der Waals surface area contributed by atoms with Gasteiger partial charge in [-0.15, -0.1) is 0 Å². The third kappa shape index (κ3) is 35.4. The van der Waals surface area contributed by atoms with Gasteiger partial charge in [-0.3, -0.25) is 9.35 Å². The van der Waals surface area contributed by atoms with Crippen molar-refractivity contribution >= 4 is 16.4 Å². The minimum absolute atomic E-state index is 0.0356. The van der Waals surface area contributed by atoms with Crippen LogP contribution in [0.3, 0.4) is 0 Å². The van der Waals surface area contributed by atoms with Gasteiger partial charge in [0, 0.05) is 13.0 Å². The highest BCUT2D eigenvalue weighted by molar-refractivity contribution is 7.80. The predicted octanol–water partition coefficient (Wildman–Crippen LogP) is 11.6. The van der Waals surface area contributed by atoms with Crippen molar-refractivity contribution < 1.29 is 56.2 Å². The van der Waals surface area contributed by atoms with Crippen molar-refractivity contribution in [1.82, 2.24) is 0 Å². The van der Waals surface area contributed by atoms with Crippen molar-refractivity contribution in [2.24, 2.45) is 0 Å². The molecule has 0 saturated carbocycles. The Kier molecular flexibility index (Phi) is 39.7. The first kappa shape index (κ1) is 59.6. The number of esters is 1. The second kappa shape index (κ2) is 42.0. The van der Waals surface area contributed by atoms with Crippen LogP contribution < -0.4 is 0 Å². The Balaban J connectivity index is 2.24. The van der Waals surface area contributed by atoms with Crippen molar-refractivity contribution in [3.05, 3.63) is 24.3 Å². The number of allylic oxidation sites excluding steroid dienone is 4. The quantitative estimate of drug-likeness (QED) is 0.0197. The molecule has 0 aromatic heterocycles. The SMILES string of the molecule is CCC/C=C\CCCCCCCC(=O)OC(COCCCCCCCCCCCCCCCC/C=C\CCCCCCCCCC)COC1OC(CO)C(O)C(OS(=O)(=O)O)C1O. The largest absolute Gasteiger partial charge is 0.457 e. The van der Waals surface area contributed by atoms with Gasteiger partial charge in [-0.1, -0.05) is 186 Å². The summed E-state index contributed by atoms with van der Waals surface area (Å²) < 4.78 is 59.1. The van der Waals surface area contributed by atoms with Crippen LogP contribution in [0.2, 0.25) is 0 Å². The van der Waals surface area contributed by atoms with Crippen molar-refractivity contribution in [2.75, 3.05) is 26.4 Å². The molecule has 0 spiro atoms. The van der Waals surface area contributed by atoms with Crippen LogP contribution in [0.15, 0.2) is 24.3 Å². The second-order valence-electron chi connectivity index (χ2n) is 17.8. The Morgan fingerprint density at radius 2 is 1.03 bits per heavy atom. The summed E-state index contributed by atoms with van der Waals surface area (Å²) >= 11 is 0. The lowest BCUT2D eigenvalue weighted by molar-refractivity contribution is -0.301. The smallest absolute Gasteiger partial charge is 0.397 e. The molecule has 1 fully saturated rings. The molecule has 1 aliphatic rings. The molecule has 12 nitrogen and oxygen atoms in total. The summed E-state index contributed by atoms with van der Waals surface area (Å²) in [5.74, 6) is -0.408. The number of hydrogen-bond donors (Lipinski definition) is 4. The molecular formula is C50H94O12S. The molecule has 4 N–H and O–H groups in total. The zero-order chi connectivity index (χ0) is 46.1. The molecule has 1 rings (SSSR count). The monoisotopic (exact) mass is 919 g/mol. The Bertz CT molecular complexity index is 1200. The Morgan fingerprint density at radius 1 is 0.587 bits per heavy atom. The third-order valence-corrected chi connectivity index (χ3v) is 12.2. The fourth-order valence-corrected chi connectivity index (χ4v) is 8.41. The molecule has 0 aromatic carbocycles. The molecule has 1 saturated heterocycles. The zero-order valence-electron chi connectivity index (χ0n) is 39.9. The van der Waals surface area contributed by atoms with E-state index < -0.39 is 59.8 Å². The van der Waals surface area contributed by atoms with E-state index >= 15 is 0 Å². The molecule has 0 amide bonds. The minimum Gasteiger partial charge on any atom is -0.457 e. The molecule has 0 bridgehead atoms. The van der Waals surface area contributed by atoms with E-state index in [1.54, 1.807) is 0 Å². The van der Waals surface area contributed by atoms with E-state index in [2.05, 4.69) is 42.3 Å². The molecule has 6 unspecified atom stereocenters. The first-order valence-electron chi connectivity index (χ1n) is 25.6. The van der Waals surface area contributed by atoms with E-state index in [0.29, 0.717) is 13.0 Å². The second-order valence-corrected chi connectivity index (χ2v) is 18.8. The summed E-state index contributed by atoms with van der Waals surface area (Å²) in [7, 11) is -5.06. The van der Waals surface area contributed by atoms with Crippen molar-refractivity contribution in [1.29, 1.82) is 0 Å². The van der Waals surface area contributed by atoms with E-state index in [9.17, 15) is 28.5 Å². The third-order valence-electron chi connectivity index (χ3n) is 11.8. The van der Waals surface area contributed by atoms with E-state index in [-0.39, 0.29) is 19.6 Å². The van der Waals surface area contributed by atoms with Gasteiger partial charge in [-0.25, -0.2) is 4.18 Å². The number of carbonyl (C=O) groups excluding carboxylic acids is 1. The van der Waals surface area contributed by atoms with Gasteiger partial charge >= 0.3 is 16.4 Å². The van der Waals surface area contributed by atoms with Crippen LogP contribution in [0, 0.1) is 0 Å². The van der Waals surface area contributed by atoms with E-state index in [1.165, 1.54) is 135 Å². The van der Waals surface area contributed by atoms with Crippen LogP contribution in [-0.2, 0) is 38.3 Å². The number of unbranched alkanes of at least 4 members (excludes halogenated alkanes) is 28. The maximum Gasteiger partial charge on any atom is 0.397 e. The van der Waals surface area contributed by atoms with Gasteiger partial charge in [0.15, 0.2) is 6.29 Å². The van der Waals surface area contributed by atoms with Crippen LogP contribution >= 0.6 is 0 Å². The Labute approximate surface area is 384 Å². The van der Waals surface area contributed by atoms with Gasteiger partial charge in [-0.05, 0) is 57.8 Å². The van der Waals surface area contributed by atoms with Gasteiger partial charge in [0.05, 0.1) is 19.8 Å². The number of aliphatic hydroxyl groups is 3. The number of rotatable bonds is 45. The van der Waals surface area contributed by atoms with Crippen LogP contribution in [0.5, 0.6) is 0 Å². The van der Waals surface area contributed by atoms with Crippen molar-refractivity contribution in [3.8, 4) is 0 Å². The first-order valence-corrected chi connectivity index (χ1v) is 27.0. The molecule has 13 heteroatoms. The van der Waals surface area contributed by atoms with E-state index in [4.69, 9.17) is 23.5 Å². The highest BCUT2D eigenvalue weighted by atomic mass is 32.3. The molecular weight excluding hydrogens is 825 g/mol. The summed E-state index contributed by atoms with van der Waals surface area (Å²) in [6.45, 7) is 3.94. The fraction of sp³-hybridized carbons (Fsp3) is 0.900. The average molecular weight is 919 g/mol. The maximum absolute atomic E-state index is 12.8. The highest BCUT2D eigenvalue weighted by Gasteiger charge is 2.48. The minimum atomic E-state index is -5.06. The lowest BCUT2D eigenvalue weighted by Gasteiger charge is -2.41. The highest BCUT2D eigenvalue weighted by Crippen LogP contribution is 2.26. The van der Waals surface area contributed by atoms with Gasteiger partial charge in [0.25, 0.3) is 0 Å². The van der Waals surface area contributed by atoms with E-state index in [0.717, 1.165) is 64.2 Å². The topological polar surface area (TPSA) is 178 Å². The Hall–Kier alpha value is -1.42. The fourth-order valence-electron chi connectivity index (χ4n) is 7.91. The lowest BCUT2D eigenvalue weighted by atomic mass is 9.99. The summed E-state index contributed by atoms with van der Waals surface area (Å²) in [4.78, 5) is 12.8. The molecule has 1 heterocycles. The van der Waals surface area contributed by atoms with Crippen LogP contribution in [0.1, 0.15) is 226 Å². The van der Waals surface area contributed by atoms with Gasteiger partial charge < -0.3 is 34.3 Å². The van der Waals surface area contributed by atoms with Gasteiger partial charge in [0.1, 0.15) is 30.5 Å². The van der Waals surface area contributed by atoms with Crippen molar-refractivity contribution in [3.63, 3.8) is 0 Å². The number of aliphatic hydroxyl groups excluding tert-OH is 3. The molecule has 6 atom stereocenters. The summed E-state index contributed by atoms with van der Waals surface area (Å²) in [6, 6.07) is 0. The average Bonchev–Trinajstić information content (AvgIpc) is 3.26. The summed E-state index contributed by atoms with van der Waals surface area (Å²) in [6.07, 6.45) is 39.6. The van der Waals surface area contributed by atoms with Crippen LogP contribution in [0.25, 0.3) is 0 Å². The van der Waals surface area contributed by atoms with E-state index in [1.807, 2.05) is 0 Å². The summed E-state index contributed by atoms with van der Waals surface area (Å²) in [5.41, 5.74) is 0. The number of hydrogen-bond acceptors (Lipinski definition) is 11. The number of ether oxygens (including phenoxy) is 4. The summed E-state index contributed by atoms with van der Waals surface area (Å²) in [5, 5.41) is 30.7. The molecule has 0 aromatic rings. The van der Waals surface area contributed by atoms with Gasteiger partial charge in [0.2, 0.25) is 0 Å². The van der Waals surface area contributed by atoms with Crippen LogP contribution in [-0.4, -0.2) is 97.5 Å². The molecule has 0 radical (unpaired) electrons. The standard InChI is InChI=1S/C50H94O12S/c1-3-5-7-9-11-13-15-16-17-18-19-20-21-22-23-24-25-26-27-28-29-30-32-34-36-38-40-58-42-44(60-46(52)39-37-35-33-31-14-12-10-8-6-4-2)43-59-50-48(54)49(62-63(55,56)57)47(53)45(41-51)61-50/h8,10,18-19,44-45,47-51,53-54H,3-7,9,11-17,20-43H2,1-2H3,(H,55,56,57)/b10-8-,19-18-. The molecule has 1 aliphatic heterocycles. The number of carbonyl (C=O) groups is 1. The molecule has 0 aliphatic carbocycles. The zero-order valence-corrected chi connectivity index (χ0v) is 40.7. The normalized spacial score (nSPS) is 20.0. The Morgan fingerprint density at radius 3 is 1.49 bits per heavy atom. The predicted molar refractivity (Wildman–Crippen MR) is 253 cm³/mol. The maximum atomic E-state index is 12.8. The van der Waals surface area contributed by atoms with Gasteiger partial charge in [-0.2, -0.15) is 8.42 Å². The first-order chi connectivity index (χ1) is 30.6.